The van der Waals surface area contributed by atoms with Crippen molar-refractivity contribution < 1.29 is 4.42 Å². The Balaban J connectivity index is 1.23. The number of aliphatic imine (C=N–C) groups is 2. The topological polar surface area (TPSA) is 49.9 Å². The Hall–Kier alpha value is -6.78. The minimum absolute atomic E-state index is 0.306. The standard InChI is InChI=1S/C47H31N3O/c1-3-15-30(16-4-1)45-48-46(31-17-5-2-6-18-31)50-47(49-45)33-28-41(44-39-25-13-14-26-42(39)51-43(44)29-33)38-24-12-11-23-37(38)40-27-32-19-7-8-20-34(32)35-21-9-10-22-36(35)40/h1-29,45H,(H,48,49,50). The van der Waals surface area contributed by atoms with Gasteiger partial charge in [0.2, 0.25) is 0 Å². The first kappa shape index (κ1) is 29.2. The van der Waals surface area contributed by atoms with Crippen LogP contribution < -0.4 is 5.32 Å². The Morgan fingerprint density at radius 2 is 1.08 bits per heavy atom. The molecule has 0 spiro atoms. The summed E-state index contributed by atoms with van der Waals surface area (Å²) in [5.41, 5.74) is 9.21. The summed E-state index contributed by atoms with van der Waals surface area (Å²) < 4.78 is 6.63. The monoisotopic (exact) mass is 653 g/mol. The summed E-state index contributed by atoms with van der Waals surface area (Å²) in [6.45, 7) is 0. The fourth-order valence-corrected chi connectivity index (χ4v) is 7.55. The van der Waals surface area contributed by atoms with E-state index in [1.54, 1.807) is 0 Å². The van der Waals surface area contributed by atoms with Crippen molar-refractivity contribution in [2.24, 2.45) is 9.98 Å². The van der Waals surface area contributed by atoms with Crippen LogP contribution in [0.25, 0.3) is 65.7 Å². The number of para-hydroxylation sites is 1. The van der Waals surface area contributed by atoms with Gasteiger partial charge in [0.25, 0.3) is 0 Å². The molecule has 1 aliphatic rings. The van der Waals surface area contributed by atoms with Crippen molar-refractivity contribution in [2.45, 2.75) is 6.17 Å². The van der Waals surface area contributed by atoms with Crippen LogP contribution >= 0.6 is 0 Å². The molecule has 4 nitrogen and oxygen atoms in total. The second-order valence-electron chi connectivity index (χ2n) is 13.0. The minimum Gasteiger partial charge on any atom is -0.456 e. The first-order valence-electron chi connectivity index (χ1n) is 17.3. The van der Waals surface area contributed by atoms with Gasteiger partial charge in [0.15, 0.2) is 5.84 Å². The fourth-order valence-electron chi connectivity index (χ4n) is 7.55. The first-order chi connectivity index (χ1) is 25.3. The van der Waals surface area contributed by atoms with Crippen LogP contribution in [0.3, 0.4) is 0 Å². The van der Waals surface area contributed by atoms with Crippen molar-refractivity contribution in [1.29, 1.82) is 0 Å². The zero-order valence-electron chi connectivity index (χ0n) is 27.6. The van der Waals surface area contributed by atoms with Gasteiger partial charge >= 0.3 is 0 Å². The number of nitrogens with one attached hydrogen (secondary N) is 1. The molecule has 51 heavy (non-hydrogen) atoms. The normalized spacial score (nSPS) is 14.5. The second kappa shape index (κ2) is 12.0. The van der Waals surface area contributed by atoms with Gasteiger partial charge in [-0.2, -0.15) is 0 Å². The molecule has 4 heteroatoms. The smallest absolute Gasteiger partial charge is 0.159 e. The van der Waals surface area contributed by atoms with E-state index in [1.807, 2.05) is 48.5 Å². The van der Waals surface area contributed by atoms with Crippen LogP contribution in [0.1, 0.15) is 22.9 Å². The summed E-state index contributed by atoms with van der Waals surface area (Å²) in [4.78, 5) is 10.2. The summed E-state index contributed by atoms with van der Waals surface area (Å²) >= 11 is 0. The van der Waals surface area contributed by atoms with Crippen molar-refractivity contribution in [2.75, 3.05) is 0 Å². The van der Waals surface area contributed by atoms with Crippen LogP contribution in [-0.4, -0.2) is 11.7 Å². The number of hydrogen-bond acceptors (Lipinski definition) is 4. The molecule has 0 saturated carbocycles. The number of amidine groups is 2. The molecular weight excluding hydrogens is 623 g/mol. The lowest BCUT2D eigenvalue weighted by atomic mass is 9.87. The van der Waals surface area contributed by atoms with Crippen LogP contribution in [0.5, 0.6) is 0 Å². The number of benzene rings is 8. The zero-order chi connectivity index (χ0) is 33.7. The molecule has 1 unspecified atom stereocenters. The zero-order valence-corrected chi connectivity index (χ0v) is 27.6. The number of rotatable bonds is 5. The number of nitrogens with zero attached hydrogens (tertiary/aromatic N) is 2. The highest BCUT2D eigenvalue weighted by Crippen LogP contribution is 2.44. The number of fused-ring (bicyclic) bond motifs is 6. The average molecular weight is 654 g/mol. The van der Waals surface area contributed by atoms with Gasteiger partial charge in [-0.1, -0.05) is 152 Å². The predicted octanol–water partition coefficient (Wildman–Crippen LogP) is 11.7. The van der Waals surface area contributed by atoms with E-state index in [0.717, 1.165) is 61.2 Å². The highest BCUT2D eigenvalue weighted by atomic mass is 16.3. The van der Waals surface area contributed by atoms with Gasteiger partial charge < -0.3 is 9.73 Å². The molecule has 0 fully saturated rings. The predicted molar refractivity (Wildman–Crippen MR) is 211 cm³/mol. The van der Waals surface area contributed by atoms with Crippen LogP contribution in [0.4, 0.5) is 0 Å². The van der Waals surface area contributed by atoms with E-state index in [9.17, 15) is 0 Å². The molecule has 240 valence electrons. The molecule has 9 aromatic rings. The Morgan fingerprint density at radius 3 is 1.88 bits per heavy atom. The molecule has 1 atom stereocenters. The van der Waals surface area contributed by atoms with E-state index in [2.05, 4.69) is 133 Å². The van der Waals surface area contributed by atoms with Gasteiger partial charge in [0, 0.05) is 21.9 Å². The molecule has 2 heterocycles. The Labute approximate surface area is 295 Å². The molecule has 8 aromatic carbocycles. The Morgan fingerprint density at radius 1 is 0.451 bits per heavy atom. The lowest BCUT2D eigenvalue weighted by molar-refractivity contribution is 0.666. The SMILES string of the molecule is c1ccc(C2=NC(c3ccccc3)NC(c3cc(-c4ccccc4-c4cc5ccccc5c5ccccc45)c4c(c3)oc3ccccc34)=N2)cc1. The van der Waals surface area contributed by atoms with Gasteiger partial charge in [-0.3, -0.25) is 0 Å². The van der Waals surface area contributed by atoms with Crippen LogP contribution in [-0.2, 0) is 0 Å². The van der Waals surface area contributed by atoms with Crippen molar-refractivity contribution in [3.8, 4) is 22.3 Å². The van der Waals surface area contributed by atoms with Crippen molar-refractivity contribution in [3.05, 3.63) is 193 Å². The van der Waals surface area contributed by atoms with E-state index in [0.29, 0.717) is 5.84 Å². The maximum atomic E-state index is 6.63. The Kier molecular flexibility index (Phi) is 6.85. The molecule has 0 saturated heterocycles. The van der Waals surface area contributed by atoms with Crippen molar-refractivity contribution in [3.63, 3.8) is 0 Å². The largest absolute Gasteiger partial charge is 0.456 e. The Bertz CT molecular complexity index is 2830. The highest BCUT2D eigenvalue weighted by Gasteiger charge is 2.24. The lowest BCUT2D eigenvalue weighted by Gasteiger charge is -2.24. The third-order valence-corrected chi connectivity index (χ3v) is 9.92. The summed E-state index contributed by atoms with van der Waals surface area (Å²) in [6.07, 6.45) is -0.306. The third kappa shape index (κ3) is 5.00. The maximum absolute atomic E-state index is 6.63. The molecule has 0 aliphatic carbocycles. The van der Waals surface area contributed by atoms with Gasteiger partial charge in [-0.05, 0) is 73.6 Å². The molecule has 0 amide bonds. The quantitative estimate of drug-likeness (QED) is 0.188. The molecule has 1 N–H and O–H groups in total. The molecule has 0 radical (unpaired) electrons. The van der Waals surface area contributed by atoms with Crippen molar-refractivity contribution in [1.82, 2.24) is 5.32 Å². The van der Waals surface area contributed by atoms with E-state index >= 15 is 0 Å². The molecule has 1 aromatic heterocycles. The van der Waals surface area contributed by atoms with Crippen LogP contribution in [0, 0.1) is 0 Å². The molecule has 10 rings (SSSR count). The summed E-state index contributed by atoms with van der Waals surface area (Å²) in [7, 11) is 0. The van der Waals surface area contributed by atoms with E-state index in [4.69, 9.17) is 14.4 Å². The van der Waals surface area contributed by atoms with Crippen LogP contribution in [0.15, 0.2) is 190 Å². The van der Waals surface area contributed by atoms with Gasteiger partial charge in [0.1, 0.15) is 23.2 Å². The summed E-state index contributed by atoms with van der Waals surface area (Å²) in [5, 5.41) is 10.8. The summed E-state index contributed by atoms with van der Waals surface area (Å²) in [6, 6.07) is 61.7. The van der Waals surface area contributed by atoms with E-state index < -0.39 is 0 Å². The third-order valence-electron chi connectivity index (χ3n) is 9.92. The highest BCUT2D eigenvalue weighted by molar-refractivity contribution is 6.20. The molecule has 0 bridgehead atoms. The molecular formula is C47H31N3O. The molecule has 1 aliphatic heterocycles. The van der Waals surface area contributed by atoms with Gasteiger partial charge in [-0.15, -0.1) is 0 Å². The minimum atomic E-state index is -0.306. The average Bonchev–Trinajstić information content (AvgIpc) is 3.59. The maximum Gasteiger partial charge on any atom is 0.159 e. The first-order valence-corrected chi connectivity index (χ1v) is 17.3. The fraction of sp³-hybridized carbons (Fsp3) is 0.0213. The summed E-state index contributed by atoms with van der Waals surface area (Å²) in [5.74, 6) is 1.43. The lowest BCUT2D eigenvalue weighted by Crippen LogP contribution is -2.33. The van der Waals surface area contributed by atoms with Crippen molar-refractivity contribution >= 4 is 55.2 Å². The number of hydrogen-bond donors (Lipinski definition) is 1. The van der Waals surface area contributed by atoms with Gasteiger partial charge in [-0.25, -0.2) is 9.98 Å². The van der Waals surface area contributed by atoms with E-state index in [1.165, 1.54) is 27.1 Å². The van der Waals surface area contributed by atoms with E-state index in [-0.39, 0.29) is 6.17 Å². The van der Waals surface area contributed by atoms with Crippen LogP contribution in [0.2, 0.25) is 0 Å². The number of furan rings is 1. The second-order valence-corrected chi connectivity index (χ2v) is 13.0. The van der Waals surface area contributed by atoms with Gasteiger partial charge in [0.05, 0.1) is 0 Å².